The fourth-order valence-corrected chi connectivity index (χ4v) is 2.84. The zero-order valence-electron chi connectivity index (χ0n) is 10.1. The van der Waals surface area contributed by atoms with Crippen LogP contribution in [-0.4, -0.2) is 42.4 Å². The van der Waals surface area contributed by atoms with E-state index in [1.807, 2.05) is 6.92 Å². The molecule has 0 spiro atoms. The van der Waals surface area contributed by atoms with Crippen LogP contribution in [0, 0.1) is 11.8 Å². The average Bonchev–Trinajstić information content (AvgIpc) is 2.71. The maximum Gasteiger partial charge on any atom is 0.237 e. The monoisotopic (exact) mass is 240 g/mol. The lowest BCUT2D eigenvalue weighted by atomic mass is 9.90. The number of hydrazine groups is 1. The molecule has 0 saturated carbocycles. The number of likely N-dealkylation sites (tertiary alicyclic amines) is 1. The third kappa shape index (κ3) is 2.42. The molecular weight excluding hydrogens is 220 g/mol. The highest BCUT2D eigenvalue weighted by Gasteiger charge is 2.41. The van der Waals surface area contributed by atoms with Crippen LogP contribution in [0.1, 0.15) is 19.8 Å². The Hall–Kier alpha value is -1.14. The molecule has 6 heteroatoms. The van der Waals surface area contributed by atoms with Crippen LogP contribution in [0.4, 0.5) is 0 Å². The van der Waals surface area contributed by atoms with E-state index in [0.717, 1.165) is 19.4 Å². The summed E-state index contributed by atoms with van der Waals surface area (Å²) in [5.74, 6) is 5.10. The molecule has 2 saturated heterocycles. The van der Waals surface area contributed by atoms with E-state index in [0.29, 0.717) is 13.1 Å². The molecule has 3 unspecified atom stereocenters. The highest BCUT2D eigenvalue weighted by atomic mass is 16.2. The van der Waals surface area contributed by atoms with Crippen molar-refractivity contribution in [2.75, 3.05) is 19.6 Å². The Morgan fingerprint density at radius 3 is 3.18 bits per heavy atom. The Labute approximate surface area is 101 Å². The first kappa shape index (κ1) is 12.3. The predicted molar refractivity (Wildman–Crippen MR) is 62.6 cm³/mol. The summed E-state index contributed by atoms with van der Waals surface area (Å²) in [5, 5.41) is 2.90. The summed E-state index contributed by atoms with van der Waals surface area (Å²) in [5.41, 5.74) is 2.17. The largest absolute Gasteiger partial charge is 0.354 e. The van der Waals surface area contributed by atoms with Crippen LogP contribution in [0.25, 0.3) is 0 Å². The van der Waals surface area contributed by atoms with Gasteiger partial charge < -0.3 is 5.32 Å². The lowest BCUT2D eigenvalue weighted by Gasteiger charge is -2.36. The summed E-state index contributed by atoms with van der Waals surface area (Å²) in [7, 11) is 0. The van der Waals surface area contributed by atoms with E-state index in [1.165, 1.54) is 0 Å². The number of piperidine rings is 1. The van der Waals surface area contributed by atoms with E-state index in [-0.39, 0.29) is 29.7 Å². The fraction of sp³-hybridized carbons (Fsp3) is 0.818. The summed E-state index contributed by atoms with van der Waals surface area (Å²) in [6.07, 6.45) is 1.98. The van der Waals surface area contributed by atoms with Crippen LogP contribution in [0.2, 0.25) is 0 Å². The normalized spacial score (nSPS) is 30.6. The molecule has 6 nitrogen and oxygen atoms in total. The number of hydrogen-bond donors (Lipinski definition) is 3. The summed E-state index contributed by atoms with van der Waals surface area (Å²) >= 11 is 0. The van der Waals surface area contributed by atoms with Crippen LogP contribution in [0.3, 0.4) is 0 Å². The zero-order chi connectivity index (χ0) is 12.4. The van der Waals surface area contributed by atoms with Crippen molar-refractivity contribution in [3.05, 3.63) is 0 Å². The molecule has 3 atom stereocenters. The van der Waals surface area contributed by atoms with Gasteiger partial charge in [0.2, 0.25) is 11.8 Å². The number of nitrogens with two attached hydrogens (primary N) is 1. The number of fused-ring (bicyclic) bond motifs is 1. The SMILES string of the molecule is CC(CN1CCCC2C(=O)NCC21)C(=O)NN. The maximum absolute atomic E-state index is 11.6. The maximum atomic E-state index is 11.6. The Kier molecular flexibility index (Phi) is 3.63. The molecule has 0 aromatic carbocycles. The van der Waals surface area contributed by atoms with Crippen molar-refractivity contribution in [1.82, 2.24) is 15.6 Å². The molecular formula is C11H20N4O2. The third-order valence-electron chi connectivity index (χ3n) is 3.81. The topological polar surface area (TPSA) is 87.5 Å². The van der Waals surface area contributed by atoms with Crippen molar-refractivity contribution in [2.24, 2.45) is 17.7 Å². The van der Waals surface area contributed by atoms with Crippen LogP contribution in [-0.2, 0) is 9.59 Å². The molecule has 0 aromatic rings. The van der Waals surface area contributed by atoms with Crippen molar-refractivity contribution in [2.45, 2.75) is 25.8 Å². The van der Waals surface area contributed by atoms with Gasteiger partial charge in [0.15, 0.2) is 0 Å². The molecule has 2 fully saturated rings. The van der Waals surface area contributed by atoms with Gasteiger partial charge in [0.05, 0.1) is 5.92 Å². The molecule has 4 N–H and O–H groups in total. The van der Waals surface area contributed by atoms with E-state index in [9.17, 15) is 9.59 Å². The summed E-state index contributed by atoms with van der Waals surface area (Å²) in [6.45, 7) is 4.19. The van der Waals surface area contributed by atoms with Crippen molar-refractivity contribution in [1.29, 1.82) is 0 Å². The quantitative estimate of drug-likeness (QED) is 0.329. The summed E-state index contributed by atoms with van der Waals surface area (Å²) < 4.78 is 0. The van der Waals surface area contributed by atoms with E-state index in [4.69, 9.17) is 5.84 Å². The highest BCUT2D eigenvalue weighted by Crippen LogP contribution is 2.27. The first-order valence-electron chi connectivity index (χ1n) is 6.15. The Morgan fingerprint density at radius 2 is 2.47 bits per heavy atom. The average molecular weight is 240 g/mol. The van der Waals surface area contributed by atoms with E-state index < -0.39 is 0 Å². The number of hydrogen-bond acceptors (Lipinski definition) is 4. The number of carbonyl (C=O) groups is 2. The Bertz CT molecular complexity index is 321. The van der Waals surface area contributed by atoms with Crippen molar-refractivity contribution in [3.8, 4) is 0 Å². The number of nitrogens with one attached hydrogen (secondary N) is 2. The Morgan fingerprint density at radius 1 is 1.71 bits per heavy atom. The smallest absolute Gasteiger partial charge is 0.237 e. The highest BCUT2D eigenvalue weighted by molar-refractivity contribution is 5.82. The summed E-state index contributed by atoms with van der Waals surface area (Å²) in [6, 6.07) is 0.254. The second-order valence-electron chi connectivity index (χ2n) is 4.97. The van der Waals surface area contributed by atoms with Crippen molar-refractivity contribution in [3.63, 3.8) is 0 Å². The molecule has 0 bridgehead atoms. The fourth-order valence-electron chi connectivity index (χ4n) is 2.84. The van der Waals surface area contributed by atoms with Gasteiger partial charge >= 0.3 is 0 Å². The minimum atomic E-state index is -0.149. The van der Waals surface area contributed by atoms with Crippen LogP contribution in [0.15, 0.2) is 0 Å². The van der Waals surface area contributed by atoms with Crippen molar-refractivity contribution < 1.29 is 9.59 Å². The molecule has 17 heavy (non-hydrogen) atoms. The van der Waals surface area contributed by atoms with Crippen LogP contribution >= 0.6 is 0 Å². The molecule has 0 aliphatic carbocycles. The van der Waals surface area contributed by atoms with Gasteiger partial charge in [0, 0.05) is 25.0 Å². The first-order chi connectivity index (χ1) is 8.13. The molecule has 0 radical (unpaired) electrons. The van der Waals surface area contributed by atoms with Gasteiger partial charge in [-0.15, -0.1) is 0 Å². The van der Waals surface area contributed by atoms with Gasteiger partial charge in [0.1, 0.15) is 0 Å². The molecule has 2 heterocycles. The molecule has 2 amide bonds. The second-order valence-corrected chi connectivity index (χ2v) is 4.97. The molecule has 2 rings (SSSR count). The first-order valence-corrected chi connectivity index (χ1v) is 6.15. The minimum Gasteiger partial charge on any atom is -0.354 e. The summed E-state index contributed by atoms with van der Waals surface area (Å²) in [4.78, 5) is 25.2. The standard InChI is InChI=1S/C11H20N4O2/c1-7(10(16)14-12)6-15-4-2-3-8-9(15)5-13-11(8)17/h7-9H,2-6,12H2,1H3,(H,13,17)(H,14,16). The van der Waals surface area contributed by atoms with E-state index in [1.54, 1.807) is 0 Å². The van der Waals surface area contributed by atoms with Gasteiger partial charge in [-0.3, -0.25) is 19.9 Å². The van der Waals surface area contributed by atoms with Crippen LogP contribution in [0.5, 0.6) is 0 Å². The van der Waals surface area contributed by atoms with Crippen molar-refractivity contribution >= 4 is 11.8 Å². The zero-order valence-corrected chi connectivity index (χ0v) is 10.1. The minimum absolute atomic E-state index is 0.108. The van der Waals surface area contributed by atoms with Gasteiger partial charge in [-0.25, -0.2) is 5.84 Å². The van der Waals surface area contributed by atoms with Gasteiger partial charge in [-0.05, 0) is 19.4 Å². The number of amides is 2. The molecule has 2 aliphatic heterocycles. The number of rotatable bonds is 3. The second kappa shape index (κ2) is 5.01. The van der Waals surface area contributed by atoms with E-state index >= 15 is 0 Å². The van der Waals surface area contributed by atoms with Gasteiger partial charge in [-0.2, -0.15) is 0 Å². The van der Waals surface area contributed by atoms with Crippen LogP contribution < -0.4 is 16.6 Å². The lowest BCUT2D eigenvalue weighted by Crippen LogP contribution is -2.49. The third-order valence-corrected chi connectivity index (χ3v) is 3.81. The van der Waals surface area contributed by atoms with Gasteiger partial charge in [-0.1, -0.05) is 6.92 Å². The molecule has 2 aliphatic rings. The molecule has 96 valence electrons. The van der Waals surface area contributed by atoms with E-state index in [2.05, 4.69) is 15.6 Å². The number of carbonyl (C=O) groups excluding carboxylic acids is 2. The van der Waals surface area contributed by atoms with Gasteiger partial charge in [0.25, 0.3) is 0 Å². The molecule has 0 aromatic heterocycles. The lowest BCUT2D eigenvalue weighted by molar-refractivity contribution is -0.125. The Balaban J connectivity index is 1.96. The predicted octanol–water partition coefficient (Wildman–Crippen LogP) is -1.18. The number of nitrogens with zero attached hydrogens (tertiary/aromatic N) is 1.